The number of aromatic nitrogens is 2. The zero-order valence-corrected chi connectivity index (χ0v) is 12.7. The second kappa shape index (κ2) is 6.24. The minimum atomic E-state index is 0.156. The van der Waals surface area contributed by atoms with Gasteiger partial charge in [0.15, 0.2) is 0 Å². The van der Waals surface area contributed by atoms with Crippen molar-refractivity contribution in [3.63, 3.8) is 0 Å². The lowest BCUT2D eigenvalue weighted by atomic mass is 9.99. The summed E-state index contributed by atoms with van der Waals surface area (Å²) in [6.07, 6.45) is 5.31. The molecule has 0 fully saturated rings. The van der Waals surface area contributed by atoms with Crippen LogP contribution in [0.4, 0.5) is 0 Å². The Balaban J connectivity index is 2.45. The molecule has 0 saturated carbocycles. The third kappa shape index (κ3) is 2.87. The van der Waals surface area contributed by atoms with Gasteiger partial charge >= 0.3 is 0 Å². The molecule has 18 heavy (non-hydrogen) atoms. The lowest BCUT2D eigenvalue weighted by Crippen LogP contribution is -2.23. The van der Waals surface area contributed by atoms with Gasteiger partial charge in [-0.15, -0.1) is 0 Å². The van der Waals surface area contributed by atoms with E-state index in [1.54, 1.807) is 6.33 Å². The van der Waals surface area contributed by atoms with E-state index in [4.69, 9.17) is 0 Å². The van der Waals surface area contributed by atoms with Crippen molar-refractivity contribution in [1.82, 2.24) is 15.3 Å². The van der Waals surface area contributed by atoms with Gasteiger partial charge in [0.2, 0.25) is 0 Å². The molecule has 2 rings (SSSR count). The molecule has 1 aromatic carbocycles. The summed E-state index contributed by atoms with van der Waals surface area (Å²) in [5.41, 5.74) is 3.68. The van der Waals surface area contributed by atoms with Crippen molar-refractivity contribution in [2.75, 3.05) is 6.54 Å². The molecule has 94 valence electrons. The largest absolute Gasteiger partial charge is 0.306 e. The fourth-order valence-corrected chi connectivity index (χ4v) is 2.64. The number of nitrogens with one attached hydrogen (secondary N) is 1. The molecule has 0 spiro atoms. The fourth-order valence-electron chi connectivity index (χ4n) is 1.96. The standard InChI is InChI=1S/C14H16IN3/c1-3-18-14(11-7-16-9-17-8-11)12-6-4-5-10(2)13(12)15/h4-9,14,18H,3H2,1-2H3. The van der Waals surface area contributed by atoms with Crippen LogP contribution >= 0.6 is 22.6 Å². The Morgan fingerprint density at radius 1 is 1.28 bits per heavy atom. The fraction of sp³-hybridized carbons (Fsp3) is 0.286. The highest BCUT2D eigenvalue weighted by Crippen LogP contribution is 2.27. The molecule has 0 bridgehead atoms. The SMILES string of the molecule is CCNC(c1cncnc1)c1cccc(C)c1I. The Morgan fingerprint density at radius 3 is 2.67 bits per heavy atom. The van der Waals surface area contributed by atoms with Crippen LogP contribution < -0.4 is 5.32 Å². The number of rotatable bonds is 4. The Labute approximate surface area is 121 Å². The first-order chi connectivity index (χ1) is 8.74. The summed E-state index contributed by atoms with van der Waals surface area (Å²) in [6.45, 7) is 5.15. The average molecular weight is 353 g/mol. The van der Waals surface area contributed by atoms with Crippen LogP contribution in [0.1, 0.15) is 29.7 Å². The highest BCUT2D eigenvalue weighted by molar-refractivity contribution is 14.1. The van der Waals surface area contributed by atoms with Gasteiger partial charge in [0, 0.05) is 21.5 Å². The number of benzene rings is 1. The Bertz CT molecular complexity index is 514. The van der Waals surface area contributed by atoms with E-state index in [1.165, 1.54) is 14.7 Å². The van der Waals surface area contributed by atoms with E-state index in [0.29, 0.717) is 0 Å². The van der Waals surface area contributed by atoms with Crippen molar-refractivity contribution in [1.29, 1.82) is 0 Å². The number of nitrogens with zero attached hydrogens (tertiary/aromatic N) is 2. The van der Waals surface area contributed by atoms with Crippen LogP contribution in [-0.4, -0.2) is 16.5 Å². The summed E-state index contributed by atoms with van der Waals surface area (Å²) in [6, 6.07) is 6.55. The molecule has 1 N–H and O–H groups in total. The van der Waals surface area contributed by atoms with Gasteiger partial charge in [0.1, 0.15) is 6.33 Å². The molecule has 0 aliphatic rings. The molecule has 1 heterocycles. The van der Waals surface area contributed by atoms with Crippen LogP contribution in [-0.2, 0) is 0 Å². The van der Waals surface area contributed by atoms with Crippen LogP contribution in [0.2, 0.25) is 0 Å². The predicted octanol–water partition coefficient (Wildman–Crippen LogP) is 3.09. The molecule has 1 atom stereocenters. The van der Waals surface area contributed by atoms with Crippen molar-refractivity contribution in [3.8, 4) is 0 Å². The number of halogens is 1. The third-order valence-corrected chi connectivity index (χ3v) is 4.33. The molecular formula is C14H16IN3. The summed E-state index contributed by atoms with van der Waals surface area (Å²) < 4.78 is 1.30. The topological polar surface area (TPSA) is 37.8 Å². The summed E-state index contributed by atoms with van der Waals surface area (Å²) in [7, 11) is 0. The molecule has 2 aromatic rings. The number of aryl methyl sites for hydroxylation is 1. The van der Waals surface area contributed by atoms with Crippen LogP contribution in [0.5, 0.6) is 0 Å². The summed E-state index contributed by atoms with van der Waals surface area (Å²) in [5.74, 6) is 0. The summed E-state index contributed by atoms with van der Waals surface area (Å²) >= 11 is 2.41. The van der Waals surface area contributed by atoms with Gasteiger partial charge in [-0.1, -0.05) is 25.1 Å². The Morgan fingerprint density at radius 2 is 2.00 bits per heavy atom. The molecular weight excluding hydrogens is 337 g/mol. The highest BCUT2D eigenvalue weighted by Gasteiger charge is 2.16. The van der Waals surface area contributed by atoms with Crippen molar-refractivity contribution in [3.05, 3.63) is 57.2 Å². The smallest absolute Gasteiger partial charge is 0.115 e. The maximum Gasteiger partial charge on any atom is 0.115 e. The van der Waals surface area contributed by atoms with Crippen molar-refractivity contribution in [2.45, 2.75) is 19.9 Å². The molecule has 3 nitrogen and oxygen atoms in total. The first-order valence-corrected chi connectivity index (χ1v) is 7.05. The van der Waals surface area contributed by atoms with Crippen LogP contribution in [0.25, 0.3) is 0 Å². The minimum Gasteiger partial charge on any atom is -0.306 e. The van der Waals surface area contributed by atoms with Gasteiger partial charge < -0.3 is 5.32 Å². The first-order valence-electron chi connectivity index (χ1n) is 5.97. The van der Waals surface area contributed by atoms with E-state index in [1.807, 2.05) is 12.4 Å². The maximum atomic E-state index is 4.11. The predicted molar refractivity (Wildman–Crippen MR) is 81.4 cm³/mol. The van der Waals surface area contributed by atoms with E-state index in [9.17, 15) is 0 Å². The molecule has 4 heteroatoms. The van der Waals surface area contributed by atoms with Gasteiger partial charge in [-0.05, 0) is 47.2 Å². The second-order valence-electron chi connectivity index (χ2n) is 4.14. The second-order valence-corrected chi connectivity index (χ2v) is 5.22. The quantitative estimate of drug-likeness (QED) is 0.859. The Hall–Kier alpha value is -1.01. The molecule has 0 amide bonds. The Kier molecular flexibility index (Phi) is 4.66. The van der Waals surface area contributed by atoms with E-state index in [-0.39, 0.29) is 6.04 Å². The van der Waals surface area contributed by atoms with Gasteiger partial charge in [-0.3, -0.25) is 0 Å². The number of hydrogen-bond donors (Lipinski definition) is 1. The average Bonchev–Trinajstić information content (AvgIpc) is 2.41. The zero-order chi connectivity index (χ0) is 13.0. The van der Waals surface area contributed by atoms with Crippen LogP contribution in [0.15, 0.2) is 36.9 Å². The molecule has 0 aliphatic carbocycles. The van der Waals surface area contributed by atoms with Gasteiger partial charge in [-0.25, -0.2) is 9.97 Å². The number of hydrogen-bond acceptors (Lipinski definition) is 3. The molecule has 1 unspecified atom stereocenters. The zero-order valence-electron chi connectivity index (χ0n) is 10.5. The lowest BCUT2D eigenvalue weighted by Gasteiger charge is -2.20. The monoisotopic (exact) mass is 353 g/mol. The first kappa shape index (κ1) is 13.4. The lowest BCUT2D eigenvalue weighted by molar-refractivity contribution is 0.623. The van der Waals surface area contributed by atoms with E-state index >= 15 is 0 Å². The molecule has 0 radical (unpaired) electrons. The van der Waals surface area contributed by atoms with Gasteiger partial charge in [-0.2, -0.15) is 0 Å². The van der Waals surface area contributed by atoms with E-state index in [0.717, 1.165) is 12.1 Å². The van der Waals surface area contributed by atoms with Crippen LogP contribution in [0.3, 0.4) is 0 Å². The van der Waals surface area contributed by atoms with E-state index < -0.39 is 0 Å². The molecule has 1 aromatic heterocycles. The van der Waals surface area contributed by atoms with Crippen molar-refractivity contribution in [2.24, 2.45) is 0 Å². The van der Waals surface area contributed by atoms with E-state index in [2.05, 4.69) is 69.9 Å². The normalized spacial score (nSPS) is 12.4. The maximum absolute atomic E-state index is 4.11. The van der Waals surface area contributed by atoms with Gasteiger partial charge in [0.05, 0.1) is 6.04 Å². The molecule has 0 saturated heterocycles. The van der Waals surface area contributed by atoms with Gasteiger partial charge in [0.25, 0.3) is 0 Å². The molecule has 0 aliphatic heterocycles. The third-order valence-electron chi connectivity index (χ3n) is 2.85. The van der Waals surface area contributed by atoms with Crippen LogP contribution in [0, 0.1) is 10.5 Å². The highest BCUT2D eigenvalue weighted by atomic mass is 127. The minimum absolute atomic E-state index is 0.156. The summed E-state index contributed by atoms with van der Waals surface area (Å²) in [4.78, 5) is 8.22. The van der Waals surface area contributed by atoms with Crippen molar-refractivity contribution >= 4 is 22.6 Å². The van der Waals surface area contributed by atoms with Crippen molar-refractivity contribution < 1.29 is 0 Å². The summed E-state index contributed by atoms with van der Waals surface area (Å²) in [5, 5.41) is 3.50.